The second-order valence-corrected chi connectivity index (χ2v) is 6.27. The van der Waals surface area contributed by atoms with Gasteiger partial charge in [-0.3, -0.25) is 15.1 Å². The molecule has 26 heavy (non-hydrogen) atoms. The van der Waals surface area contributed by atoms with E-state index in [1.807, 2.05) is 6.07 Å². The molecule has 2 heterocycles. The molecule has 8 heteroatoms. The van der Waals surface area contributed by atoms with Gasteiger partial charge in [-0.1, -0.05) is 0 Å². The van der Waals surface area contributed by atoms with Crippen molar-refractivity contribution in [3.63, 3.8) is 0 Å². The maximum absolute atomic E-state index is 10.8. The molecule has 1 aliphatic rings. The molecule has 2 aromatic carbocycles. The largest absolute Gasteiger partial charge is 0.455 e. The molecule has 0 N–H and O–H groups in total. The summed E-state index contributed by atoms with van der Waals surface area (Å²) in [5.74, 6) is 2.50. The van der Waals surface area contributed by atoms with Crippen molar-refractivity contribution in [2.45, 2.75) is 0 Å². The lowest BCUT2D eigenvalue weighted by Gasteiger charge is -2.00. The SMILES string of the molecule is O=[N+]([O-])c1ccc(-c2ccc(C=Nc3ccc4c(c3)OCO4)o2)c(Br)c1. The quantitative estimate of drug-likeness (QED) is 0.336. The van der Waals surface area contributed by atoms with E-state index in [9.17, 15) is 10.1 Å². The lowest BCUT2D eigenvalue weighted by Crippen LogP contribution is -1.92. The predicted octanol–water partition coefficient (Wildman–Crippen LogP) is 5.10. The van der Waals surface area contributed by atoms with Gasteiger partial charge < -0.3 is 13.9 Å². The fourth-order valence-corrected chi connectivity index (χ4v) is 3.05. The van der Waals surface area contributed by atoms with Gasteiger partial charge in [0.2, 0.25) is 6.79 Å². The van der Waals surface area contributed by atoms with Gasteiger partial charge in [0.05, 0.1) is 16.8 Å². The lowest BCUT2D eigenvalue weighted by molar-refractivity contribution is -0.384. The van der Waals surface area contributed by atoms with E-state index in [-0.39, 0.29) is 12.5 Å². The van der Waals surface area contributed by atoms with Crippen molar-refractivity contribution in [1.82, 2.24) is 0 Å². The molecule has 1 aliphatic heterocycles. The second kappa shape index (κ2) is 6.64. The summed E-state index contributed by atoms with van der Waals surface area (Å²) < 4.78 is 16.9. The second-order valence-electron chi connectivity index (χ2n) is 5.42. The Morgan fingerprint density at radius 3 is 2.73 bits per heavy atom. The van der Waals surface area contributed by atoms with Crippen molar-refractivity contribution in [1.29, 1.82) is 0 Å². The van der Waals surface area contributed by atoms with Crippen LogP contribution in [0.15, 0.2) is 62.4 Å². The Morgan fingerprint density at radius 2 is 1.92 bits per heavy atom. The first kappa shape index (κ1) is 16.3. The van der Waals surface area contributed by atoms with Crippen LogP contribution in [0.3, 0.4) is 0 Å². The van der Waals surface area contributed by atoms with E-state index in [0.29, 0.717) is 33.2 Å². The molecular formula is C18H11BrN2O5. The monoisotopic (exact) mass is 414 g/mol. The molecular weight excluding hydrogens is 404 g/mol. The molecule has 0 fully saturated rings. The Kier molecular flexibility index (Phi) is 4.18. The molecule has 0 spiro atoms. The topological polar surface area (TPSA) is 87.1 Å². The summed E-state index contributed by atoms with van der Waals surface area (Å²) in [4.78, 5) is 14.7. The zero-order valence-corrected chi connectivity index (χ0v) is 14.8. The van der Waals surface area contributed by atoms with Gasteiger partial charge in [0.15, 0.2) is 11.5 Å². The smallest absolute Gasteiger partial charge is 0.270 e. The van der Waals surface area contributed by atoms with Gasteiger partial charge in [0, 0.05) is 28.2 Å². The molecule has 0 saturated carbocycles. The molecule has 0 bridgehead atoms. The molecule has 0 aliphatic carbocycles. The van der Waals surface area contributed by atoms with Gasteiger partial charge in [-0.2, -0.15) is 0 Å². The highest BCUT2D eigenvalue weighted by Crippen LogP contribution is 2.35. The number of nitrogens with zero attached hydrogens (tertiary/aromatic N) is 2. The number of fused-ring (bicyclic) bond motifs is 1. The van der Waals surface area contributed by atoms with Crippen LogP contribution in [0.4, 0.5) is 11.4 Å². The number of ether oxygens (including phenoxy) is 2. The molecule has 0 atom stereocenters. The molecule has 4 rings (SSSR count). The van der Waals surface area contributed by atoms with Crippen LogP contribution >= 0.6 is 15.9 Å². The van der Waals surface area contributed by atoms with E-state index in [2.05, 4.69) is 20.9 Å². The minimum absolute atomic E-state index is 0.0109. The number of aliphatic imine (C=N–C) groups is 1. The molecule has 1 aromatic heterocycles. The molecule has 3 aromatic rings. The first-order valence-electron chi connectivity index (χ1n) is 7.58. The Bertz CT molecular complexity index is 1030. The van der Waals surface area contributed by atoms with Crippen molar-refractivity contribution in [2.24, 2.45) is 4.99 Å². The predicted molar refractivity (Wildman–Crippen MR) is 98.3 cm³/mol. The van der Waals surface area contributed by atoms with Crippen molar-refractivity contribution in [3.8, 4) is 22.8 Å². The van der Waals surface area contributed by atoms with Crippen LogP contribution in [0.5, 0.6) is 11.5 Å². The van der Waals surface area contributed by atoms with Crippen LogP contribution in [0.25, 0.3) is 11.3 Å². The summed E-state index contributed by atoms with van der Waals surface area (Å²) in [6, 6.07) is 13.5. The summed E-state index contributed by atoms with van der Waals surface area (Å²) in [5, 5.41) is 10.8. The van der Waals surface area contributed by atoms with Crippen LogP contribution in [-0.4, -0.2) is 17.9 Å². The highest BCUT2D eigenvalue weighted by atomic mass is 79.9. The lowest BCUT2D eigenvalue weighted by atomic mass is 10.1. The van der Waals surface area contributed by atoms with Gasteiger partial charge >= 0.3 is 0 Å². The summed E-state index contributed by atoms with van der Waals surface area (Å²) in [6.07, 6.45) is 1.60. The van der Waals surface area contributed by atoms with E-state index >= 15 is 0 Å². The first-order chi connectivity index (χ1) is 12.6. The van der Waals surface area contributed by atoms with Crippen molar-refractivity contribution in [3.05, 3.63) is 68.9 Å². The van der Waals surface area contributed by atoms with Gasteiger partial charge in [0.1, 0.15) is 11.5 Å². The van der Waals surface area contributed by atoms with Gasteiger partial charge in [-0.25, -0.2) is 0 Å². The fraction of sp³-hybridized carbons (Fsp3) is 0.0556. The number of nitro groups is 1. The standard InChI is InChI=1S/C18H11BrN2O5/c19-15-8-12(21(22)23)2-4-14(15)16-6-3-13(26-16)9-20-11-1-5-17-18(7-11)25-10-24-17/h1-9H,10H2. The average Bonchev–Trinajstić information content (AvgIpc) is 3.28. The van der Waals surface area contributed by atoms with Gasteiger partial charge in [-0.15, -0.1) is 0 Å². The number of nitro benzene ring substituents is 1. The minimum Gasteiger partial charge on any atom is -0.455 e. The van der Waals surface area contributed by atoms with Crippen LogP contribution in [0.2, 0.25) is 0 Å². The Labute approximate surface area is 156 Å². The number of rotatable bonds is 4. The number of furan rings is 1. The van der Waals surface area contributed by atoms with Crippen molar-refractivity contribution < 1.29 is 18.8 Å². The zero-order valence-electron chi connectivity index (χ0n) is 13.2. The first-order valence-corrected chi connectivity index (χ1v) is 8.37. The zero-order chi connectivity index (χ0) is 18.1. The average molecular weight is 415 g/mol. The van der Waals surface area contributed by atoms with E-state index in [4.69, 9.17) is 13.9 Å². The maximum atomic E-state index is 10.8. The molecule has 0 saturated heterocycles. The van der Waals surface area contributed by atoms with Crippen LogP contribution in [0.1, 0.15) is 5.76 Å². The Morgan fingerprint density at radius 1 is 1.08 bits per heavy atom. The van der Waals surface area contributed by atoms with E-state index in [0.717, 1.165) is 5.56 Å². The Hall–Kier alpha value is -3.13. The molecule has 0 unspecified atom stereocenters. The normalized spacial score (nSPS) is 12.7. The van der Waals surface area contributed by atoms with Crippen LogP contribution in [0, 0.1) is 10.1 Å². The maximum Gasteiger partial charge on any atom is 0.270 e. The van der Waals surface area contributed by atoms with E-state index < -0.39 is 4.92 Å². The fourth-order valence-electron chi connectivity index (χ4n) is 2.49. The number of non-ortho nitro benzene ring substituents is 1. The Balaban J connectivity index is 1.56. The molecule has 0 amide bonds. The number of hydrogen-bond acceptors (Lipinski definition) is 6. The summed E-state index contributed by atoms with van der Waals surface area (Å²) >= 11 is 3.34. The number of benzene rings is 2. The van der Waals surface area contributed by atoms with Gasteiger partial charge in [-0.05, 0) is 46.3 Å². The van der Waals surface area contributed by atoms with E-state index in [1.165, 1.54) is 12.1 Å². The minimum atomic E-state index is -0.444. The summed E-state index contributed by atoms with van der Waals surface area (Å²) in [7, 11) is 0. The highest BCUT2D eigenvalue weighted by molar-refractivity contribution is 9.10. The summed E-state index contributed by atoms with van der Waals surface area (Å²) in [6.45, 7) is 0.216. The molecule has 7 nitrogen and oxygen atoms in total. The summed E-state index contributed by atoms with van der Waals surface area (Å²) in [5.41, 5.74) is 1.44. The third-order valence-corrected chi connectivity index (χ3v) is 4.41. The van der Waals surface area contributed by atoms with Gasteiger partial charge in [0.25, 0.3) is 5.69 Å². The third kappa shape index (κ3) is 3.18. The van der Waals surface area contributed by atoms with Crippen molar-refractivity contribution >= 4 is 33.5 Å². The molecule has 0 radical (unpaired) electrons. The number of hydrogen-bond donors (Lipinski definition) is 0. The van der Waals surface area contributed by atoms with E-state index in [1.54, 1.807) is 36.5 Å². The third-order valence-electron chi connectivity index (χ3n) is 3.75. The van der Waals surface area contributed by atoms with Crippen LogP contribution < -0.4 is 9.47 Å². The molecule has 130 valence electrons. The highest BCUT2D eigenvalue weighted by Gasteiger charge is 2.14. The van der Waals surface area contributed by atoms with Crippen molar-refractivity contribution in [2.75, 3.05) is 6.79 Å². The number of halogens is 1. The van der Waals surface area contributed by atoms with Crippen LogP contribution in [-0.2, 0) is 0 Å².